The number of benzene rings is 1. The van der Waals surface area contributed by atoms with Crippen molar-refractivity contribution in [3.05, 3.63) is 29.3 Å². The summed E-state index contributed by atoms with van der Waals surface area (Å²) in [7, 11) is 1.67. The number of nitrogens with one attached hydrogen (secondary N) is 1. The molecule has 0 saturated heterocycles. The summed E-state index contributed by atoms with van der Waals surface area (Å²) in [5.74, 6) is 1.31. The Morgan fingerprint density at radius 3 is 3.21 bits per heavy atom. The number of hydrogen-bond donors (Lipinski definition) is 1. The van der Waals surface area contributed by atoms with E-state index in [0.29, 0.717) is 19.6 Å². The van der Waals surface area contributed by atoms with Crippen molar-refractivity contribution in [1.82, 2.24) is 5.32 Å². The van der Waals surface area contributed by atoms with Gasteiger partial charge in [0, 0.05) is 25.2 Å². The van der Waals surface area contributed by atoms with Crippen LogP contribution in [0.4, 0.5) is 0 Å². The van der Waals surface area contributed by atoms with E-state index in [2.05, 4.69) is 23.5 Å². The number of fused-ring (bicyclic) bond motifs is 1. The fourth-order valence-electron chi connectivity index (χ4n) is 2.22. The third-order valence-corrected chi connectivity index (χ3v) is 4.39. The fraction of sp³-hybridized carbons (Fsp3) is 0.533. The molecule has 0 atom stereocenters. The van der Waals surface area contributed by atoms with Crippen molar-refractivity contribution in [1.29, 1.82) is 0 Å². The Morgan fingerprint density at radius 1 is 1.47 bits per heavy atom. The van der Waals surface area contributed by atoms with E-state index >= 15 is 0 Å². The molecule has 1 aliphatic heterocycles. The molecular formula is C15H21NO2S. The summed E-state index contributed by atoms with van der Waals surface area (Å²) >= 11 is 1.92. The predicted octanol–water partition coefficient (Wildman–Crippen LogP) is 2.42. The minimum atomic E-state index is 0.0968. The molecule has 0 saturated carbocycles. The third-order valence-electron chi connectivity index (χ3n) is 3.19. The SMILES string of the molecule is COCCCNC(=O)Cc1ccc2c(c1)CCCS2. The quantitative estimate of drug-likeness (QED) is 0.813. The predicted molar refractivity (Wildman–Crippen MR) is 78.7 cm³/mol. The number of methoxy groups -OCH3 is 1. The van der Waals surface area contributed by atoms with Crippen molar-refractivity contribution < 1.29 is 9.53 Å². The molecule has 1 heterocycles. The first-order valence-corrected chi connectivity index (χ1v) is 7.78. The van der Waals surface area contributed by atoms with Crippen molar-refractivity contribution in [3.8, 4) is 0 Å². The van der Waals surface area contributed by atoms with E-state index in [1.165, 1.54) is 22.6 Å². The number of carbonyl (C=O) groups is 1. The van der Waals surface area contributed by atoms with Gasteiger partial charge in [0.2, 0.25) is 5.91 Å². The largest absolute Gasteiger partial charge is 0.385 e. The lowest BCUT2D eigenvalue weighted by Gasteiger charge is -2.16. The highest BCUT2D eigenvalue weighted by atomic mass is 32.2. The van der Waals surface area contributed by atoms with Gasteiger partial charge >= 0.3 is 0 Å². The molecule has 0 spiro atoms. The lowest BCUT2D eigenvalue weighted by Crippen LogP contribution is -2.26. The van der Waals surface area contributed by atoms with Crippen molar-refractivity contribution in [2.24, 2.45) is 0 Å². The molecule has 104 valence electrons. The number of thioether (sulfide) groups is 1. The van der Waals surface area contributed by atoms with Crippen LogP contribution in [0.1, 0.15) is 24.0 Å². The lowest BCUT2D eigenvalue weighted by atomic mass is 10.0. The van der Waals surface area contributed by atoms with Crippen LogP contribution < -0.4 is 5.32 Å². The Bertz CT molecular complexity index is 434. The van der Waals surface area contributed by atoms with Gasteiger partial charge in [-0.3, -0.25) is 4.79 Å². The Balaban J connectivity index is 1.83. The van der Waals surface area contributed by atoms with Gasteiger partial charge in [-0.1, -0.05) is 12.1 Å². The molecule has 0 radical (unpaired) electrons. The summed E-state index contributed by atoms with van der Waals surface area (Å²) in [5, 5.41) is 2.92. The van der Waals surface area contributed by atoms with Gasteiger partial charge in [0.25, 0.3) is 0 Å². The van der Waals surface area contributed by atoms with Crippen LogP contribution in [0, 0.1) is 0 Å². The molecule has 0 unspecified atom stereocenters. The molecule has 4 heteroatoms. The monoisotopic (exact) mass is 279 g/mol. The fourth-order valence-corrected chi connectivity index (χ4v) is 3.24. The first-order valence-electron chi connectivity index (χ1n) is 6.80. The van der Waals surface area contributed by atoms with E-state index in [0.717, 1.165) is 18.4 Å². The van der Waals surface area contributed by atoms with E-state index < -0.39 is 0 Å². The molecule has 0 fully saturated rings. The Morgan fingerprint density at radius 2 is 2.37 bits per heavy atom. The minimum absolute atomic E-state index is 0.0968. The second-order valence-electron chi connectivity index (χ2n) is 4.77. The summed E-state index contributed by atoms with van der Waals surface area (Å²) in [5.41, 5.74) is 2.52. The molecule has 3 nitrogen and oxygen atoms in total. The Labute approximate surface area is 119 Å². The Kier molecular flexibility index (Phi) is 5.73. The number of amides is 1. The Hall–Kier alpha value is -1.00. The maximum absolute atomic E-state index is 11.8. The third kappa shape index (κ3) is 4.55. The molecule has 1 aliphatic rings. The zero-order valence-corrected chi connectivity index (χ0v) is 12.2. The van der Waals surface area contributed by atoms with Gasteiger partial charge in [0.15, 0.2) is 0 Å². The van der Waals surface area contributed by atoms with Gasteiger partial charge in [0.05, 0.1) is 6.42 Å². The van der Waals surface area contributed by atoms with Crippen LogP contribution in [-0.2, 0) is 22.4 Å². The van der Waals surface area contributed by atoms with Crippen LogP contribution >= 0.6 is 11.8 Å². The molecule has 1 amide bonds. The van der Waals surface area contributed by atoms with Gasteiger partial charge in [0.1, 0.15) is 0 Å². The molecule has 0 bridgehead atoms. The molecule has 0 aliphatic carbocycles. The summed E-state index contributed by atoms with van der Waals surface area (Å²) in [6, 6.07) is 6.43. The molecule has 2 rings (SSSR count). The number of ether oxygens (including phenoxy) is 1. The van der Waals surface area contributed by atoms with Gasteiger partial charge < -0.3 is 10.1 Å². The molecular weight excluding hydrogens is 258 g/mol. The maximum Gasteiger partial charge on any atom is 0.224 e. The average Bonchev–Trinajstić information content (AvgIpc) is 2.43. The van der Waals surface area contributed by atoms with Crippen LogP contribution in [-0.4, -0.2) is 31.9 Å². The van der Waals surface area contributed by atoms with Crippen LogP contribution in [0.15, 0.2) is 23.1 Å². The highest BCUT2D eigenvalue weighted by molar-refractivity contribution is 7.99. The molecule has 19 heavy (non-hydrogen) atoms. The smallest absolute Gasteiger partial charge is 0.224 e. The molecule has 0 aromatic heterocycles. The van der Waals surface area contributed by atoms with E-state index in [9.17, 15) is 4.79 Å². The van der Waals surface area contributed by atoms with Gasteiger partial charge in [-0.2, -0.15) is 0 Å². The van der Waals surface area contributed by atoms with E-state index in [-0.39, 0.29) is 5.91 Å². The first kappa shape index (κ1) is 14.4. The van der Waals surface area contributed by atoms with Crippen molar-refractivity contribution in [2.45, 2.75) is 30.6 Å². The highest BCUT2D eigenvalue weighted by Gasteiger charge is 2.11. The van der Waals surface area contributed by atoms with Crippen molar-refractivity contribution in [2.75, 3.05) is 26.0 Å². The van der Waals surface area contributed by atoms with E-state index in [1.54, 1.807) is 7.11 Å². The number of aryl methyl sites for hydroxylation is 1. The zero-order valence-electron chi connectivity index (χ0n) is 11.4. The second kappa shape index (κ2) is 7.56. The van der Waals surface area contributed by atoms with Crippen LogP contribution in [0.5, 0.6) is 0 Å². The van der Waals surface area contributed by atoms with Crippen molar-refractivity contribution in [3.63, 3.8) is 0 Å². The van der Waals surface area contributed by atoms with E-state index in [1.807, 2.05) is 11.8 Å². The highest BCUT2D eigenvalue weighted by Crippen LogP contribution is 2.30. The van der Waals surface area contributed by atoms with Crippen LogP contribution in [0.3, 0.4) is 0 Å². The summed E-state index contributed by atoms with van der Waals surface area (Å²) < 4.78 is 4.95. The van der Waals surface area contributed by atoms with Crippen LogP contribution in [0.2, 0.25) is 0 Å². The number of carbonyl (C=O) groups excluding carboxylic acids is 1. The van der Waals surface area contributed by atoms with Gasteiger partial charge in [-0.25, -0.2) is 0 Å². The summed E-state index contributed by atoms with van der Waals surface area (Å²) in [6.45, 7) is 1.38. The lowest BCUT2D eigenvalue weighted by molar-refractivity contribution is -0.120. The van der Waals surface area contributed by atoms with Gasteiger partial charge in [-0.15, -0.1) is 11.8 Å². The van der Waals surface area contributed by atoms with Crippen molar-refractivity contribution >= 4 is 17.7 Å². The number of rotatable bonds is 6. The normalized spacial score (nSPS) is 13.9. The average molecular weight is 279 g/mol. The topological polar surface area (TPSA) is 38.3 Å². The molecule has 1 N–H and O–H groups in total. The molecule has 1 aromatic rings. The van der Waals surface area contributed by atoms with Crippen LogP contribution in [0.25, 0.3) is 0 Å². The van der Waals surface area contributed by atoms with Gasteiger partial charge in [-0.05, 0) is 42.2 Å². The molecule has 1 aromatic carbocycles. The summed E-state index contributed by atoms with van der Waals surface area (Å²) in [6.07, 6.45) is 3.73. The summed E-state index contributed by atoms with van der Waals surface area (Å²) in [4.78, 5) is 13.2. The van der Waals surface area contributed by atoms with E-state index in [4.69, 9.17) is 4.74 Å². The first-order chi connectivity index (χ1) is 9.29. The second-order valence-corrected chi connectivity index (χ2v) is 5.90. The minimum Gasteiger partial charge on any atom is -0.385 e. The maximum atomic E-state index is 11.8. The zero-order chi connectivity index (χ0) is 13.5. The number of hydrogen-bond acceptors (Lipinski definition) is 3. The standard InChI is InChI=1S/C15H21NO2S/c1-18-8-3-7-16-15(17)11-12-5-6-14-13(10-12)4-2-9-19-14/h5-6,10H,2-4,7-9,11H2,1H3,(H,16,17).